The van der Waals surface area contributed by atoms with Gasteiger partial charge in [0.15, 0.2) is 0 Å². The van der Waals surface area contributed by atoms with Gasteiger partial charge < -0.3 is 15.1 Å². The molecule has 0 aliphatic heterocycles. The Kier molecular flexibility index (Phi) is 5.59. The summed E-state index contributed by atoms with van der Waals surface area (Å²) < 4.78 is 5.56. The highest BCUT2D eigenvalue weighted by Gasteiger charge is 2.13. The predicted molar refractivity (Wildman–Crippen MR) is 73.5 cm³/mol. The Hall–Kier alpha value is -1.10. The van der Waals surface area contributed by atoms with Gasteiger partial charge in [0.05, 0.1) is 6.54 Å². The lowest BCUT2D eigenvalue weighted by molar-refractivity contribution is 0.382. The van der Waals surface area contributed by atoms with Gasteiger partial charge in [0.25, 0.3) is 0 Å². The monoisotopic (exact) mass is 254 g/mol. The minimum Gasteiger partial charge on any atom is -0.407 e. The molecule has 0 aliphatic carbocycles. The topological polar surface area (TPSA) is 63.0 Å². The zero-order chi connectivity index (χ0) is 13.6. The summed E-state index contributed by atoms with van der Waals surface area (Å²) in [4.78, 5) is 0. The molecule has 1 atom stereocenters. The molecule has 0 aliphatic rings. The lowest BCUT2D eigenvalue weighted by Crippen LogP contribution is -2.35. The highest BCUT2D eigenvalue weighted by atomic mass is 16.4. The first-order valence-electron chi connectivity index (χ1n) is 6.78. The molecule has 1 rings (SSSR count). The predicted octanol–water partition coefficient (Wildman–Crippen LogP) is 2.95. The molecular weight excluding hydrogens is 228 g/mol. The molecule has 1 aromatic rings. The first-order valence-corrected chi connectivity index (χ1v) is 6.78. The van der Waals surface area contributed by atoms with Gasteiger partial charge in [-0.3, -0.25) is 0 Å². The van der Waals surface area contributed by atoms with Crippen LogP contribution in [0.25, 0.3) is 0 Å². The molecule has 0 spiro atoms. The Morgan fingerprint density at radius 1 is 1.22 bits per heavy atom. The second-order valence-corrected chi connectivity index (χ2v) is 5.64. The van der Waals surface area contributed by atoms with Crippen LogP contribution in [0.15, 0.2) is 4.42 Å². The molecule has 0 bridgehead atoms. The molecule has 1 aromatic heterocycles. The van der Waals surface area contributed by atoms with Crippen molar-refractivity contribution in [2.24, 2.45) is 0 Å². The zero-order valence-electron chi connectivity index (χ0n) is 12.2. The number of hydrogen-bond acceptors (Lipinski definition) is 5. The molecule has 5 heteroatoms. The standard InChI is InChI=1S/C13H26N4O/c1-6-8-10(7-2)15-12-17-16-11(18-12)9-14-13(3,4)5/h10,14H,6-9H2,1-5H3,(H,15,17). The lowest BCUT2D eigenvalue weighted by atomic mass is 10.1. The molecule has 0 aromatic carbocycles. The van der Waals surface area contributed by atoms with Crippen molar-refractivity contribution in [3.05, 3.63) is 5.89 Å². The average molecular weight is 254 g/mol. The number of aromatic nitrogens is 2. The number of anilines is 1. The van der Waals surface area contributed by atoms with Gasteiger partial charge in [-0.2, -0.15) is 0 Å². The maximum absolute atomic E-state index is 5.56. The van der Waals surface area contributed by atoms with E-state index >= 15 is 0 Å². The minimum absolute atomic E-state index is 0.0518. The molecule has 5 nitrogen and oxygen atoms in total. The summed E-state index contributed by atoms with van der Waals surface area (Å²) in [5, 5.41) is 14.6. The van der Waals surface area contributed by atoms with E-state index in [0.29, 0.717) is 24.5 Å². The fraction of sp³-hybridized carbons (Fsp3) is 0.846. The average Bonchev–Trinajstić information content (AvgIpc) is 2.73. The maximum atomic E-state index is 5.56. The van der Waals surface area contributed by atoms with E-state index in [1.807, 2.05) is 0 Å². The van der Waals surface area contributed by atoms with E-state index in [9.17, 15) is 0 Å². The van der Waals surface area contributed by atoms with Crippen molar-refractivity contribution in [1.82, 2.24) is 15.5 Å². The third-order valence-electron chi connectivity index (χ3n) is 2.69. The summed E-state index contributed by atoms with van der Waals surface area (Å²) in [6.07, 6.45) is 3.33. The lowest BCUT2D eigenvalue weighted by Gasteiger charge is -2.18. The number of nitrogens with one attached hydrogen (secondary N) is 2. The van der Waals surface area contributed by atoms with E-state index in [1.54, 1.807) is 0 Å². The van der Waals surface area contributed by atoms with Gasteiger partial charge in [-0.15, -0.1) is 5.10 Å². The van der Waals surface area contributed by atoms with Gasteiger partial charge >= 0.3 is 6.01 Å². The van der Waals surface area contributed by atoms with Crippen LogP contribution in [-0.4, -0.2) is 21.8 Å². The second-order valence-electron chi connectivity index (χ2n) is 5.64. The second kappa shape index (κ2) is 6.73. The third-order valence-corrected chi connectivity index (χ3v) is 2.69. The molecule has 0 fully saturated rings. The van der Waals surface area contributed by atoms with Gasteiger partial charge in [0, 0.05) is 11.6 Å². The Balaban J connectivity index is 2.47. The zero-order valence-corrected chi connectivity index (χ0v) is 12.2. The fourth-order valence-electron chi connectivity index (χ4n) is 1.63. The molecule has 0 radical (unpaired) electrons. The molecule has 0 saturated heterocycles. The van der Waals surface area contributed by atoms with E-state index in [1.165, 1.54) is 0 Å². The Morgan fingerprint density at radius 3 is 2.50 bits per heavy atom. The number of rotatable bonds is 7. The van der Waals surface area contributed by atoms with Crippen molar-refractivity contribution >= 4 is 6.01 Å². The maximum Gasteiger partial charge on any atom is 0.315 e. The molecular formula is C13H26N4O. The van der Waals surface area contributed by atoms with E-state index in [-0.39, 0.29) is 5.54 Å². The van der Waals surface area contributed by atoms with E-state index < -0.39 is 0 Å². The van der Waals surface area contributed by atoms with Crippen LogP contribution in [0.5, 0.6) is 0 Å². The van der Waals surface area contributed by atoms with Crippen LogP contribution in [0.1, 0.15) is 59.8 Å². The number of nitrogens with zero attached hydrogens (tertiary/aromatic N) is 2. The van der Waals surface area contributed by atoms with E-state index in [2.05, 4.69) is 55.4 Å². The first kappa shape index (κ1) is 15.0. The highest BCUT2D eigenvalue weighted by Crippen LogP contribution is 2.12. The van der Waals surface area contributed by atoms with Crippen molar-refractivity contribution < 1.29 is 4.42 Å². The normalized spacial score (nSPS) is 13.6. The van der Waals surface area contributed by atoms with Crippen molar-refractivity contribution in [3.8, 4) is 0 Å². The largest absolute Gasteiger partial charge is 0.407 e. The van der Waals surface area contributed by atoms with Crippen molar-refractivity contribution in [2.45, 2.75) is 72.0 Å². The van der Waals surface area contributed by atoms with Crippen LogP contribution in [0, 0.1) is 0 Å². The molecule has 2 N–H and O–H groups in total. The Morgan fingerprint density at radius 2 is 1.94 bits per heavy atom. The molecule has 104 valence electrons. The van der Waals surface area contributed by atoms with Crippen molar-refractivity contribution in [1.29, 1.82) is 0 Å². The SMILES string of the molecule is CCCC(CC)Nc1nnc(CNC(C)(C)C)o1. The van der Waals surface area contributed by atoms with Gasteiger partial charge in [-0.1, -0.05) is 25.4 Å². The van der Waals surface area contributed by atoms with Crippen LogP contribution >= 0.6 is 0 Å². The molecule has 0 amide bonds. The summed E-state index contributed by atoms with van der Waals surface area (Å²) in [7, 11) is 0. The fourth-order valence-corrected chi connectivity index (χ4v) is 1.63. The van der Waals surface area contributed by atoms with Crippen LogP contribution in [0.2, 0.25) is 0 Å². The van der Waals surface area contributed by atoms with Crippen molar-refractivity contribution in [3.63, 3.8) is 0 Å². The summed E-state index contributed by atoms with van der Waals surface area (Å²) in [5.41, 5.74) is 0.0518. The summed E-state index contributed by atoms with van der Waals surface area (Å²) in [6, 6.07) is 0.944. The summed E-state index contributed by atoms with van der Waals surface area (Å²) >= 11 is 0. The van der Waals surface area contributed by atoms with E-state index in [4.69, 9.17) is 4.42 Å². The molecule has 0 saturated carbocycles. The van der Waals surface area contributed by atoms with Gasteiger partial charge in [0.1, 0.15) is 0 Å². The van der Waals surface area contributed by atoms with Gasteiger partial charge in [0.2, 0.25) is 5.89 Å². The molecule has 1 unspecified atom stereocenters. The van der Waals surface area contributed by atoms with E-state index in [0.717, 1.165) is 19.3 Å². The highest BCUT2D eigenvalue weighted by molar-refractivity contribution is 5.19. The molecule has 18 heavy (non-hydrogen) atoms. The van der Waals surface area contributed by atoms with Crippen LogP contribution < -0.4 is 10.6 Å². The van der Waals surface area contributed by atoms with Gasteiger partial charge in [-0.05, 0) is 33.6 Å². The summed E-state index contributed by atoms with van der Waals surface area (Å²) in [6.45, 7) is 11.3. The van der Waals surface area contributed by atoms with Crippen LogP contribution in [0.4, 0.5) is 6.01 Å². The minimum atomic E-state index is 0.0518. The van der Waals surface area contributed by atoms with Crippen LogP contribution in [0.3, 0.4) is 0 Å². The number of hydrogen-bond donors (Lipinski definition) is 2. The Bertz CT molecular complexity index is 343. The third kappa shape index (κ3) is 5.49. The van der Waals surface area contributed by atoms with Crippen LogP contribution in [-0.2, 0) is 6.54 Å². The van der Waals surface area contributed by atoms with Crippen molar-refractivity contribution in [2.75, 3.05) is 5.32 Å². The van der Waals surface area contributed by atoms with Gasteiger partial charge in [-0.25, -0.2) is 0 Å². The molecule has 1 heterocycles. The quantitative estimate of drug-likeness (QED) is 0.783. The first-order chi connectivity index (χ1) is 8.44. The summed E-state index contributed by atoms with van der Waals surface area (Å²) in [5.74, 6) is 0.624. The smallest absolute Gasteiger partial charge is 0.315 e. The Labute approximate surface area is 110 Å².